The molecule has 1 aliphatic carbocycles. The van der Waals surface area contributed by atoms with Crippen molar-refractivity contribution in [3.8, 4) is 0 Å². The van der Waals surface area contributed by atoms with E-state index >= 15 is 0 Å². The number of primary amides is 1. The fraction of sp³-hybridized carbons (Fsp3) is 0.579. The van der Waals surface area contributed by atoms with Gasteiger partial charge >= 0.3 is 6.03 Å². The van der Waals surface area contributed by atoms with E-state index in [1.165, 1.54) is 18.4 Å². The molecule has 0 spiro atoms. The van der Waals surface area contributed by atoms with Crippen LogP contribution in [0.3, 0.4) is 0 Å². The van der Waals surface area contributed by atoms with Crippen molar-refractivity contribution in [1.29, 1.82) is 0 Å². The molecule has 2 unspecified atom stereocenters. The van der Waals surface area contributed by atoms with E-state index in [-0.39, 0.29) is 17.2 Å². The number of benzene rings is 1. The standard InChI is InChI=1S/C19H29N3O2/c1-3-14(2)16(22-18(20)24)17(23)21-13-19(11-7-8-12-19)15-9-5-4-6-10-15/h4-6,9-10,14,16H,3,7-8,11-13H2,1-2H3,(H,21,23)(H3,20,22,24). The lowest BCUT2D eigenvalue weighted by Crippen LogP contribution is -2.53. The quantitative estimate of drug-likeness (QED) is 0.718. The zero-order valence-corrected chi connectivity index (χ0v) is 14.7. The van der Waals surface area contributed by atoms with Crippen LogP contribution in [0.2, 0.25) is 0 Å². The number of nitrogens with one attached hydrogen (secondary N) is 2. The van der Waals surface area contributed by atoms with Crippen LogP contribution in [0.5, 0.6) is 0 Å². The van der Waals surface area contributed by atoms with E-state index in [4.69, 9.17) is 5.73 Å². The third-order valence-corrected chi connectivity index (χ3v) is 5.34. The first-order valence-corrected chi connectivity index (χ1v) is 8.88. The van der Waals surface area contributed by atoms with Crippen LogP contribution in [0.1, 0.15) is 51.5 Å². The molecule has 0 bridgehead atoms. The van der Waals surface area contributed by atoms with Crippen molar-refractivity contribution in [3.63, 3.8) is 0 Å². The summed E-state index contributed by atoms with van der Waals surface area (Å²) in [6, 6.07) is 9.16. The lowest BCUT2D eigenvalue weighted by molar-refractivity contribution is -0.124. The van der Waals surface area contributed by atoms with Crippen molar-refractivity contribution in [2.75, 3.05) is 6.54 Å². The molecule has 0 aliphatic heterocycles. The minimum Gasteiger partial charge on any atom is -0.353 e. The minimum absolute atomic E-state index is 0.00362. The molecule has 1 aromatic rings. The maximum absolute atomic E-state index is 12.6. The largest absolute Gasteiger partial charge is 0.353 e. The predicted octanol–water partition coefficient (Wildman–Crippen LogP) is 2.70. The fourth-order valence-electron chi connectivity index (χ4n) is 3.63. The number of rotatable bonds is 7. The molecule has 5 heteroatoms. The first-order valence-electron chi connectivity index (χ1n) is 8.88. The molecule has 132 valence electrons. The second-order valence-electron chi connectivity index (χ2n) is 6.94. The van der Waals surface area contributed by atoms with Gasteiger partial charge in [0.05, 0.1) is 0 Å². The van der Waals surface area contributed by atoms with Crippen LogP contribution < -0.4 is 16.4 Å². The molecule has 0 heterocycles. The molecule has 2 atom stereocenters. The topological polar surface area (TPSA) is 84.2 Å². The highest BCUT2D eigenvalue weighted by molar-refractivity contribution is 5.86. The molecule has 3 amide bonds. The van der Waals surface area contributed by atoms with Crippen molar-refractivity contribution in [1.82, 2.24) is 10.6 Å². The van der Waals surface area contributed by atoms with E-state index < -0.39 is 12.1 Å². The van der Waals surface area contributed by atoms with Gasteiger partial charge in [0.15, 0.2) is 0 Å². The van der Waals surface area contributed by atoms with Gasteiger partial charge in [0.2, 0.25) is 5.91 Å². The molecular formula is C19H29N3O2. The van der Waals surface area contributed by atoms with E-state index in [9.17, 15) is 9.59 Å². The Labute approximate surface area is 144 Å². The number of hydrogen-bond acceptors (Lipinski definition) is 2. The molecule has 1 aromatic carbocycles. The maximum Gasteiger partial charge on any atom is 0.312 e. The Morgan fingerprint density at radius 3 is 2.38 bits per heavy atom. The number of amides is 3. The van der Waals surface area contributed by atoms with Crippen LogP contribution in [0.4, 0.5) is 4.79 Å². The second kappa shape index (κ2) is 8.18. The molecule has 1 fully saturated rings. The number of hydrogen-bond donors (Lipinski definition) is 3. The van der Waals surface area contributed by atoms with Gasteiger partial charge in [-0.1, -0.05) is 63.4 Å². The Morgan fingerprint density at radius 1 is 1.21 bits per heavy atom. The summed E-state index contributed by atoms with van der Waals surface area (Å²) < 4.78 is 0. The lowest BCUT2D eigenvalue weighted by Gasteiger charge is -2.31. The summed E-state index contributed by atoms with van der Waals surface area (Å²) >= 11 is 0. The molecule has 4 N–H and O–H groups in total. The molecule has 0 saturated heterocycles. The van der Waals surface area contributed by atoms with Crippen LogP contribution >= 0.6 is 0 Å². The Balaban J connectivity index is 2.08. The van der Waals surface area contributed by atoms with Crippen LogP contribution in [0.15, 0.2) is 30.3 Å². The van der Waals surface area contributed by atoms with Crippen LogP contribution in [0, 0.1) is 5.92 Å². The third kappa shape index (κ3) is 4.28. The Hall–Kier alpha value is -2.04. The zero-order chi connectivity index (χ0) is 17.6. The van der Waals surface area contributed by atoms with Gasteiger partial charge in [-0.3, -0.25) is 4.79 Å². The van der Waals surface area contributed by atoms with Gasteiger partial charge in [0.1, 0.15) is 6.04 Å². The fourth-order valence-corrected chi connectivity index (χ4v) is 3.63. The van der Waals surface area contributed by atoms with Gasteiger partial charge in [0.25, 0.3) is 0 Å². The molecular weight excluding hydrogens is 302 g/mol. The zero-order valence-electron chi connectivity index (χ0n) is 14.7. The predicted molar refractivity (Wildman–Crippen MR) is 95.6 cm³/mol. The Bertz CT molecular complexity index is 553. The highest BCUT2D eigenvalue weighted by Crippen LogP contribution is 2.40. The van der Waals surface area contributed by atoms with Crippen LogP contribution in [-0.2, 0) is 10.2 Å². The smallest absolute Gasteiger partial charge is 0.312 e. The van der Waals surface area contributed by atoms with Gasteiger partial charge < -0.3 is 16.4 Å². The summed E-state index contributed by atoms with van der Waals surface area (Å²) in [7, 11) is 0. The van der Waals surface area contributed by atoms with Gasteiger partial charge in [-0.2, -0.15) is 0 Å². The molecule has 1 aliphatic rings. The second-order valence-corrected chi connectivity index (χ2v) is 6.94. The first-order chi connectivity index (χ1) is 11.5. The minimum atomic E-state index is -0.658. The van der Waals surface area contributed by atoms with Crippen molar-refractivity contribution in [2.45, 2.75) is 57.4 Å². The summed E-state index contributed by atoms with van der Waals surface area (Å²) in [5, 5.41) is 5.66. The summed E-state index contributed by atoms with van der Waals surface area (Å²) in [5.41, 5.74) is 6.52. The Morgan fingerprint density at radius 2 is 1.83 bits per heavy atom. The van der Waals surface area contributed by atoms with E-state index in [2.05, 4.69) is 22.8 Å². The highest BCUT2D eigenvalue weighted by Gasteiger charge is 2.36. The molecule has 0 radical (unpaired) electrons. The summed E-state index contributed by atoms with van der Waals surface area (Å²) in [6.45, 7) is 4.54. The summed E-state index contributed by atoms with van der Waals surface area (Å²) in [5.74, 6) is -0.112. The van der Waals surface area contributed by atoms with Gasteiger partial charge in [-0.05, 0) is 24.3 Å². The number of nitrogens with two attached hydrogens (primary N) is 1. The molecule has 24 heavy (non-hydrogen) atoms. The average molecular weight is 331 g/mol. The van der Waals surface area contributed by atoms with Crippen LogP contribution in [0.25, 0.3) is 0 Å². The summed E-state index contributed by atoms with van der Waals surface area (Å²) in [4.78, 5) is 23.8. The SMILES string of the molecule is CCC(C)C(NC(N)=O)C(=O)NCC1(c2ccccc2)CCCC1. The highest BCUT2D eigenvalue weighted by atomic mass is 16.2. The number of carbonyl (C=O) groups is 2. The number of carbonyl (C=O) groups excluding carboxylic acids is 2. The van der Waals surface area contributed by atoms with Crippen LogP contribution in [-0.4, -0.2) is 24.5 Å². The van der Waals surface area contributed by atoms with Crippen molar-refractivity contribution in [2.24, 2.45) is 11.7 Å². The van der Waals surface area contributed by atoms with E-state index in [0.29, 0.717) is 6.54 Å². The molecule has 0 aromatic heterocycles. The van der Waals surface area contributed by atoms with E-state index in [1.54, 1.807) is 0 Å². The van der Waals surface area contributed by atoms with Gasteiger partial charge in [-0.15, -0.1) is 0 Å². The monoisotopic (exact) mass is 331 g/mol. The summed E-state index contributed by atoms with van der Waals surface area (Å²) in [6.07, 6.45) is 5.31. The average Bonchev–Trinajstić information content (AvgIpc) is 3.07. The van der Waals surface area contributed by atoms with Crippen molar-refractivity contribution in [3.05, 3.63) is 35.9 Å². The third-order valence-electron chi connectivity index (χ3n) is 5.34. The van der Waals surface area contributed by atoms with Gasteiger partial charge in [0, 0.05) is 12.0 Å². The Kier molecular flexibility index (Phi) is 6.23. The maximum atomic E-state index is 12.6. The first kappa shape index (κ1) is 18.3. The molecule has 5 nitrogen and oxygen atoms in total. The van der Waals surface area contributed by atoms with Crippen molar-refractivity contribution < 1.29 is 9.59 Å². The number of urea groups is 1. The normalized spacial score (nSPS) is 18.6. The van der Waals surface area contributed by atoms with Crippen molar-refractivity contribution >= 4 is 11.9 Å². The molecule has 1 saturated carbocycles. The lowest BCUT2D eigenvalue weighted by atomic mass is 9.78. The van der Waals surface area contributed by atoms with E-state index in [0.717, 1.165) is 19.3 Å². The van der Waals surface area contributed by atoms with E-state index in [1.807, 2.05) is 32.0 Å². The molecule has 2 rings (SSSR count). The van der Waals surface area contributed by atoms with Gasteiger partial charge in [-0.25, -0.2) is 4.79 Å².